The van der Waals surface area contributed by atoms with Gasteiger partial charge in [0.05, 0.1) is 6.42 Å². The maximum atomic E-state index is 11.0. The van der Waals surface area contributed by atoms with E-state index < -0.39 is 0 Å². The highest BCUT2D eigenvalue weighted by atomic mass is 16.7. The summed E-state index contributed by atoms with van der Waals surface area (Å²) in [4.78, 5) is 11.0. The first-order valence-corrected chi connectivity index (χ1v) is 5.33. The van der Waals surface area contributed by atoms with Gasteiger partial charge in [-0.2, -0.15) is 0 Å². The normalized spacial score (nSPS) is 12.9. The second kappa shape index (κ2) is 3.66. The molecule has 1 amide bonds. The molecule has 2 aromatic rings. The Morgan fingerprint density at radius 2 is 2.00 bits per heavy atom. The van der Waals surface area contributed by atoms with E-state index in [1.54, 1.807) is 0 Å². The van der Waals surface area contributed by atoms with Gasteiger partial charge >= 0.3 is 0 Å². The van der Waals surface area contributed by atoms with Crippen LogP contribution in [-0.4, -0.2) is 12.7 Å². The fourth-order valence-electron chi connectivity index (χ4n) is 2.07. The summed E-state index contributed by atoms with van der Waals surface area (Å²) < 4.78 is 10.6. The summed E-state index contributed by atoms with van der Waals surface area (Å²) in [7, 11) is 0. The molecule has 0 spiro atoms. The van der Waals surface area contributed by atoms with E-state index in [-0.39, 0.29) is 19.1 Å². The van der Waals surface area contributed by atoms with Gasteiger partial charge in [-0.1, -0.05) is 18.2 Å². The highest BCUT2D eigenvalue weighted by molar-refractivity contribution is 5.92. The van der Waals surface area contributed by atoms with Gasteiger partial charge < -0.3 is 15.2 Å². The first kappa shape index (κ1) is 9.96. The molecule has 0 saturated heterocycles. The Bertz CT molecular complexity index is 607. The van der Waals surface area contributed by atoms with Crippen molar-refractivity contribution in [2.24, 2.45) is 5.73 Å². The third-order valence-corrected chi connectivity index (χ3v) is 2.83. The molecule has 0 bridgehead atoms. The highest BCUT2D eigenvalue weighted by Gasteiger charge is 2.15. The van der Waals surface area contributed by atoms with Crippen LogP contribution in [0, 0.1) is 0 Å². The molecule has 0 atom stereocenters. The van der Waals surface area contributed by atoms with Crippen LogP contribution < -0.4 is 15.2 Å². The van der Waals surface area contributed by atoms with Gasteiger partial charge in [0.1, 0.15) is 0 Å². The van der Waals surface area contributed by atoms with Gasteiger partial charge in [0.25, 0.3) is 0 Å². The van der Waals surface area contributed by atoms with Crippen molar-refractivity contribution in [3.8, 4) is 11.5 Å². The van der Waals surface area contributed by atoms with Crippen molar-refractivity contribution in [3.63, 3.8) is 0 Å². The minimum Gasteiger partial charge on any atom is -0.454 e. The summed E-state index contributed by atoms with van der Waals surface area (Å²) in [6.07, 6.45) is 0.233. The molecule has 0 unspecified atom stereocenters. The molecular weight excluding hydrogens is 218 g/mol. The van der Waals surface area contributed by atoms with Crippen molar-refractivity contribution in [2.45, 2.75) is 6.42 Å². The van der Waals surface area contributed by atoms with Crippen molar-refractivity contribution in [1.29, 1.82) is 0 Å². The number of hydrogen-bond donors (Lipinski definition) is 1. The molecule has 3 rings (SSSR count). The van der Waals surface area contributed by atoms with E-state index in [4.69, 9.17) is 15.2 Å². The summed E-state index contributed by atoms with van der Waals surface area (Å²) in [5.74, 6) is 1.12. The Hall–Kier alpha value is -2.23. The summed E-state index contributed by atoms with van der Waals surface area (Å²) in [6, 6.07) is 9.60. The third kappa shape index (κ3) is 1.67. The summed E-state index contributed by atoms with van der Waals surface area (Å²) in [5, 5.41) is 2.00. The van der Waals surface area contributed by atoms with Gasteiger partial charge in [0, 0.05) is 0 Å². The van der Waals surface area contributed by atoms with Gasteiger partial charge in [-0.3, -0.25) is 4.79 Å². The molecule has 1 aliphatic rings. The van der Waals surface area contributed by atoms with Crippen molar-refractivity contribution in [2.75, 3.05) is 6.79 Å². The highest BCUT2D eigenvalue weighted by Crippen LogP contribution is 2.37. The van der Waals surface area contributed by atoms with Crippen LogP contribution in [0.2, 0.25) is 0 Å². The molecule has 0 radical (unpaired) electrons. The number of ether oxygens (including phenoxy) is 2. The molecule has 0 fully saturated rings. The average molecular weight is 229 g/mol. The van der Waals surface area contributed by atoms with E-state index >= 15 is 0 Å². The Balaban J connectivity index is 2.20. The average Bonchev–Trinajstić information content (AvgIpc) is 2.73. The van der Waals surface area contributed by atoms with Crippen molar-refractivity contribution in [3.05, 3.63) is 35.9 Å². The van der Waals surface area contributed by atoms with Crippen LogP contribution in [-0.2, 0) is 11.2 Å². The van der Waals surface area contributed by atoms with E-state index in [1.165, 1.54) is 0 Å². The number of rotatable bonds is 2. The third-order valence-electron chi connectivity index (χ3n) is 2.83. The Morgan fingerprint density at radius 3 is 2.76 bits per heavy atom. The maximum Gasteiger partial charge on any atom is 0.231 e. The van der Waals surface area contributed by atoms with Crippen LogP contribution in [0.15, 0.2) is 30.3 Å². The van der Waals surface area contributed by atoms with E-state index in [1.807, 2.05) is 30.3 Å². The van der Waals surface area contributed by atoms with Crippen LogP contribution in [0.4, 0.5) is 0 Å². The molecule has 0 saturated carbocycles. The zero-order valence-electron chi connectivity index (χ0n) is 9.10. The number of benzene rings is 2. The Labute approximate surface area is 97.9 Å². The SMILES string of the molecule is NC(=O)Cc1cccc2cc3c(cc12)OCO3. The molecule has 4 nitrogen and oxygen atoms in total. The number of hydrogen-bond acceptors (Lipinski definition) is 3. The van der Waals surface area contributed by atoms with Gasteiger partial charge in [-0.25, -0.2) is 0 Å². The van der Waals surface area contributed by atoms with Crippen LogP contribution in [0.1, 0.15) is 5.56 Å². The molecule has 17 heavy (non-hydrogen) atoms. The fourth-order valence-corrected chi connectivity index (χ4v) is 2.07. The van der Waals surface area contributed by atoms with Gasteiger partial charge in [0.2, 0.25) is 12.7 Å². The van der Waals surface area contributed by atoms with E-state index in [2.05, 4.69) is 0 Å². The quantitative estimate of drug-likeness (QED) is 0.850. The summed E-state index contributed by atoms with van der Waals surface area (Å²) in [6.45, 7) is 0.247. The minimum absolute atomic E-state index is 0.233. The van der Waals surface area contributed by atoms with Crippen LogP contribution in [0.3, 0.4) is 0 Å². The number of carbonyl (C=O) groups excluding carboxylic acids is 1. The molecule has 1 heterocycles. The Kier molecular flexibility index (Phi) is 2.14. The predicted molar refractivity (Wildman–Crippen MR) is 63.0 cm³/mol. The number of carbonyl (C=O) groups is 1. The van der Waals surface area contributed by atoms with Gasteiger partial charge in [-0.05, 0) is 28.5 Å². The second-order valence-corrected chi connectivity index (χ2v) is 3.99. The van der Waals surface area contributed by atoms with E-state index in [9.17, 15) is 4.79 Å². The van der Waals surface area contributed by atoms with Crippen molar-refractivity contribution in [1.82, 2.24) is 0 Å². The van der Waals surface area contributed by atoms with Crippen LogP contribution in [0.25, 0.3) is 10.8 Å². The molecule has 0 aliphatic carbocycles. The maximum absolute atomic E-state index is 11.0. The first-order chi connectivity index (χ1) is 8.24. The lowest BCUT2D eigenvalue weighted by Gasteiger charge is -2.06. The molecule has 4 heteroatoms. The summed E-state index contributed by atoms with van der Waals surface area (Å²) in [5.41, 5.74) is 6.14. The van der Waals surface area contributed by atoms with E-state index in [0.29, 0.717) is 0 Å². The number of amides is 1. The fraction of sp³-hybridized carbons (Fsp3) is 0.154. The number of primary amides is 1. The Morgan fingerprint density at radius 1 is 1.24 bits per heavy atom. The minimum atomic E-state index is -0.338. The first-order valence-electron chi connectivity index (χ1n) is 5.33. The summed E-state index contributed by atoms with van der Waals surface area (Å²) >= 11 is 0. The second-order valence-electron chi connectivity index (χ2n) is 3.99. The predicted octanol–water partition coefficient (Wildman–Crippen LogP) is 1.60. The van der Waals surface area contributed by atoms with Crippen molar-refractivity contribution >= 4 is 16.7 Å². The molecule has 2 aromatic carbocycles. The number of nitrogens with two attached hydrogens (primary N) is 1. The van der Waals surface area contributed by atoms with Crippen LogP contribution in [0.5, 0.6) is 11.5 Å². The van der Waals surface area contributed by atoms with Crippen LogP contribution >= 0.6 is 0 Å². The molecule has 2 N–H and O–H groups in total. The smallest absolute Gasteiger partial charge is 0.231 e. The number of fused-ring (bicyclic) bond motifs is 2. The monoisotopic (exact) mass is 229 g/mol. The standard InChI is InChI=1S/C13H11NO3/c14-13(15)5-9-3-1-2-8-4-11-12(6-10(8)9)17-7-16-11/h1-4,6H,5,7H2,(H2,14,15). The molecular formula is C13H11NO3. The topological polar surface area (TPSA) is 61.6 Å². The molecule has 1 aliphatic heterocycles. The van der Waals surface area contributed by atoms with Crippen molar-refractivity contribution < 1.29 is 14.3 Å². The molecule has 0 aromatic heterocycles. The lowest BCUT2D eigenvalue weighted by molar-refractivity contribution is -0.117. The van der Waals surface area contributed by atoms with E-state index in [0.717, 1.165) is 27.8 Å². The van der Waals surface area contributed by atoms with Gasteiger partial charge in [0.15, 0.2) is 11.5 Å². The zero-order chi connectivity index (χ0) is 11.8. The largest absolute Gasteiger partial charge is 0.454 e. The van der Waals surface area contributed by atoms with Gasteiger partial charge in [-0.15, -0.1) is 0 Å². The lowest BCUT2D eigenvalue weighted by Crippen LogP contribution is -2.13. The zero-order valence-corrected chi connectivity index (χ0v) is 9.10. The molecule has 86 valence electrons. The lowest BCUT2D eigenvalue weighted by atomic mass is 10.0.